The third-order valence-electron chi connectivity index (χ3n) is 1.74. The molecule has 0 unspecified atom stereocenters. The summed E-state index contributed by atoms with van der Waals surface area (Å²) >= 11 is 0. The molecular formula is C9H14N4. The van der Waals surface area contributed by atoms with Crippen molar-refractivity contribution in [2.24, 2.45) is 16.6 Å². The molecule has 0 saturated carbocycles. The van der Waals surface area contributed by atoms with E-state index in [1.165, 1.54) is 5.56 Å². The molecule has 4 heteroatoms. The van der Waals surface area contributed by atoms with E-state index in [2.05, 4.69) is 17.3 Å². The Morgan fingerprint density at radius 1 is 1.38 bits per heavy atom. The molecule has 0 amide bonds. The number of benzene rings is 1. The van der Waals surface area contributed by atoms with E-state index in [0.29, 0.717) is 0 Å². The van der Waals surface area contributed by atoms with Crippen LogP contribution >= 0.6 is 0 Å². The van der Waals surface area contributed by atoms with Crippen LogP contribution in [0.5, 0.6) is 0 Å². The fourth-order valence-corrected chi connectivity index (χ4v) is 0.978. The Bertz CT molecular complexity index is 289. The number of hydrazine groups is 1. The first-order valence-corrected chi connectivity index (χ1v) is 4.16. The van der Waals surface area contributed by atoms with Gasteiger partial charge in [0.1, 0.15) is 0 Å². The Hall–Kier alpha value is -1.55. The predicted molar refractivity (Wildman–Crippen MR) is 54.4 cm³/mol. The number of rotatable bonds is 2. The van der Waals surface area contributed by atoms with Crippen molar-refractivity contribution in [3.8, 4) is 0 Å². The predicted octanol–water partition coefficient (Wildman–Crippen LogP) is 0.658. The van der Waals surface area contributed by atoms with Gasteiger partial charge in [-0.05, 0) is 24.1 Å². The first-order chi connectivity index (χ1) is 6.26. The van der Waals surface area contributed by atoms with E-state index in [1.54, 1.807) is 0 Å². The van der Waals surface area contributed by atoms with Crippen molar-refractivity contribution in [2.75, 3.05) is 0 Å². The Labute approximate surface area is 77.6 Å². The molecular weight excluding hydrogens is 164 g/mol. The lowest BCUT2D eigenvalue weighted by molar-refractivity contribution is 1.01. The second-order valence-corrected chi connectivity index (χ2v) is 2.66. The highest BCUT2D eigenvalue weighted by Gasteiger charge is 1.91. The van der Waals surface area contributed by atoms with Gasteiger partial charge in [0, 0.05) is 0 Å². The van der Waals surface area contributed by atoms with Gasteiger partial charge in [-0.3, -0.25) is 5.43 Å². The lowest BCUT2D eigenvalue weighted by Gasteiger charge is -1.99. The molecule has 1 aromatic rings. The zero-order valence-corrected chi connectivity index (χ0v) is 7.62. The van der Waals surface area contributed by atoms with E-state index < -0.39 is 0 Å². The van der Waals surface area contributed by atoms with Gasteiger partial charge in [0.25, 0.3) is 0 Å². The zero-order chi connectivity index (χ0) is 9.68. The molecule has 0 fully saturated rings. The lowest BCUT2D eigenvalue weighted by Crippen LogP contribution is -2.36. The van der Waals surface area contributed by atoms with Crippen molar-refractivity contribution in [2.45, 2.75) is 13.3 Å². The summed E-state index contributed by atoms with van der Waals surface area (Å²) < 4.78 is 0. The van der Waals surface area contributed by atoms with Crippen molar-refractivity contribution in [1.29, 1.82) is 0 Å². The van der Waals surface area contributed by atoms with E-state index >= 15 is 0 Å². The minimum Gasteiger partial charge on any atom is -0.369 e. The second kappa shape index (κ2) is 4.47. The average molecular weight is 178 g/mol. The maximum absolute atomic E-state index is 5.39. The van der Waals surface area contributed by atoms with Crippen LogP contribution in [0.1, 0.15) is 12.5 Å². The fraction of sp³-hybridized carbons (Fsp3) is 0.222. The standard InChI is InChI=1S/C9H14N4/c1-2-7-3-5-8(6-4-7)12-9(10)13-11/h3-6H,2,11H2,1H3,(H3,10,12,13). The molecule has 4 nitrogen and oxygen atoms in total. The molecule has 0 heterocycles. The highest BCUT2D eigenvalue weighted by Crippen LogP contribution is 2.12. The SMILES string of the molecule is CCc1ccc(N=C(N)NN)cc1. The summed E-state index contributed by atoms with van der Waals surface area (Å²) in [6.45, 7) is 2.11. The van der Waals surface area contributed by atoms with Crippen molar-refractivity contribution in [3.05, 3.63) is 29.8 Å². The topological polar surface area (TPSA) is 76.4 Å². The average Bonchev–Trinajstić information content (AvgIpc) is 2.19. The summed E-state index contributed by atoms with van der Waals surface area (Å²) in [4.78, 5) is 4.01. The Balaban J connectivity index is 2.80. The molecule has 0 aliphatic heterocycles. The molecule has 0 aliphatic carbocycles. The molecule has 0 atom stereocenters. The molecule has 1 aromatic carbocycles. The van der Waals surface area contributed by atoms with Crippen LogP contribution in [0.15, 0.2) is 29.3 Å². The first-order valence-electron chi connectivity index (χ1n) is 4.16. The maximum atomic E-state index is 5.39. The summed E-state index contributed by atoms with van der Waals surface area (Å²) in [5.74, 6) is 5.28. The van der Waals surface area contributed by atoms with Crippen LogP contribution in [0.4, 0.5) is 5.69 Å². The third-order valence-corrected chi connectivity index (χ3v) is 1.74. The van der Waals surface area contributed by atoms with Gasteiger partial charge in [0.2, 0.25) is 5.96 Å². The summed E-state index contributed by atoms with van der Waals surface area (Å²) in [5, 5.41) is 0. The number of nitrogens with two attached hydrogens (primary N) is 2. The second-order valence-electron chi connectivity index (χ2n) is 2.66. The van der Waals surface area contributed by atoms with Gasteiger partial charge >= 0.3 is 0 Å². The van der Waals surface area contributed by atoms with E-state index in [4.69, 9.17) is 11.6 Å². The Morgan fingerprint density at radius 3 is 2.46 bits per heavy atom. The highest BCUT2D eigenvalue weighted by atomic mass is 15.3. The molecule has 70 valence electrons. The summed E-state index contributed by atoms with van der Waals surface area (Å²) in [6.07, 6.45) is 1.02. The largest absolute Gasteiger partial charge is 0.369 e. The van der Waals surface area contributed by atoms with Crippen molar-refractivity contribution < 1.29 is 0 Å². The van der Waals surface area contributed by atoms with Crippen LogP contribution in [0.3, 0.4) is 0 Å². The molecule has 0 radical (unpaired) electrons. The number of aliphatic imine (C=N–C) groups is 1. The highest BCUT2D eigenvalue weighted by molar-refractivity contribution is 5.80. The minimum absolute atomic E-state index is 0.212. The molecule has 0 spiro atoms. The molecule has 13 heavy (non-hydrogen) atoms. The molecule has 1 rings (SSSR count). The smallest absolute Gasteiger partial charge is 0.208 e. The number of nitrogens with zero attached hydrogens (tertiary/aromatic N) is 1. The van der Waals surface area contributed by atoms with E-state index in [1.807, 2.05) is 24.3 Å². The van der Waals surface area contributed by atoms with Crippen LogP contribution in [-0.4, -0.2) is 5.96 Å². The van der Waals surface area contributed by atoms with E-state index in [0.717, 1.165) is 12.1 Å². The minimum atomic E-state index is 0.212. The van der Waals surface area contributed by atoms with Gasteiger partial charge in [-0.2, -0.15) is 0 Å². The number of guanidine groups is 1. The summed E-state index contributed by atoms with van der Waals surface area (Å²) in [7, 11) is 0. The monoisotopic (exact) mass is 178 g/mol. The molecule has 5 N–H and O–H groups in total. The quantitative estimate of drug-likeness (QED) is 0.269. The van der Waals surface area contributed by atoms with Crippen LogP contribution in [0, 0.1) is 0 Å². The maximum Gasteiger partial charge on any atom is 0.208 e. The van der Waals surface area contributed by atoms with Crippen molar-refractivity contribution in [1.82, 2.24) is 5.43 Å². The van der Waals surface area contributed by atoms with Gasteiger partial charge < -0.3 is 5.73 Å². The number of aryl methyl sites for hydroxylation is 1. The molecule has 0 aromatic heterocycles. The van der Waals surface area contributed by atoms with E-state index in [-0.39, 0.29) is 5.96 Å². The number of hydrogen-bond donors (Lipinski definition) is 3. The Kier molecular flexibility index (Phi) is 3.28. The molecule has 0 bridgehead atoms. The zero-order valence-electron chi connectivity index (χ0n) is 7.62. The van der Waals surface area contributed by atoms with E-state index in [9.17, 15) is 0 Å². The number of hydrogen-bond acceptors (Lipinski definition) is 2. The Morgan fingerprint density at radius 2 is 2.00 bits per heavy atom. The van der Waals surface area contributed by atoms with Gasteiger partial charge in [0.15, 0.2) is 0 Å². The van der Waals surface area contributed by atoms with Gasteiger partial charge in [0.05, 0.1) is 5.69 Å². The first kappa shape index (κ1) is 9.54. The summed E-state index contributed by atoms with van der Waals surface area (Å²) in [5.41, 5.74) is 9.73. The van der Waals surface area contributed by atoms with Crippen molar-refractivity contribution >= 4 is 11.6 Å². The van der Waals surface area contributed by atoms with Crippen LogP contribution in [-0.2, 0) is 6.42 Å². The lowest BCUT2D eigenvalue weighted by atomic mass is 10.2. The third kappa shape index (κ3) is 2.76. The molecule has 0 saturated heterocycles. The van der Waals surface area contributed by atoms with Crippen LogP contribution in [0.25, 0.3) is 0 Å². The van der Waals surface area contributed by atoms with Gasteiger partial charge in [-0.1, -0.05) is 19.1 Å². The number of nitrogens with one attached hydrogen (secondary N) is 1. The fourth-order valence-electron chi connectivity index (χ4n) is 0.978. The van der Waals surface area contributed by atoms with Crippen LogP contribution < -0.4 is 17.0 Å². The summed E-state index contributed by atoms with van der Waals surface area (Å²) in [6, 6.07) is 7.84. The normalized spacial score (nSPS) is 11.4. The van der Waals surface area contributed by atoms with Gasteiger partial charge in [-0.25, -0.2) is 10.8 Å². The van der Waals surface area contributed by atoms with Crippen molar-refractivity contribution in [3.63, 3.8) is 0 Å². The van der Waals surface area contributed by atoms with Gasteiger partial charge in [-0.15, -0.1) is 0 Å². The molecule has 0 aliphatic rings. The van der Waals surface area contributed by atoms with Crippen LogP contribution in [0.2, 0.25) is 0 Å².